The van der Waals surface area contributed by atoms with E-state index >= 15 is 0 Å². The summed E-state index contributed by atoms with van der Waals surface area (Å²) in [6.07, 6.45) is 5.59. The molecule has 1 heterocycles. The van der Waals surface area contributed by atoms with E-state index in [9.17, 15) is 0 Å². The Balaban J connectivity index is 1.47. The molecule has 1 aromatic heterocycles. The molecule has 0 amide bonds. The van der Waals surface area contributed by atoms with Crippen molar-refractivity contribution in [3.05, 3.63) is 0 Å². The van der Waals surface area contributed by atoms with Crippen LogP contribution >= 0.6 is 11.8 Å². The number of rotatable bonds is 8. The third-order valence-electron chi connectivity index (χ3n) is 3.75. The van der Waals surface area contributed by atoms with Crippen LogP contribution in [-0.4, -0.2) is 38.5 Å². The lowest BCUT2D eigenvalue weighted by Crippen LogP contribution is -2.22. The van der Waals surface area contributed by atoms with Gasteiger partial charge in [0.1, 0.15) is 0 Å². The highest BCUT2D eigenvalue weighted by Gasteiger charge is 2.42. The summed E-state index contributed by atoms with van der Waals surface area (Å²) in [5.74, 6) is 0.955. The zero-order valence-electron chi connectivity index (χ0n) is 10.9. The number of hydrogen-bond donors (Lipinski definition) is 1. The highest BCUT2D eigenvalue weighted by molar-refractivity contribution is 7.99. The molecule has 6 nitrogen and oxygen atoms in total. The second-order valence-corrected chi connectivity index (χ2v) is 6.48. The van der Waals surface area contributed by atoms with E-state index in [1.165, 1.54) is 25.7 Å². The Morgan fingerprint density at radius 1 is 1.47 bits per heavy atom. The molecule has 1 N–H and O–H groups in total. The van der Waals surface area contributed by atoms with Gasteiger partial charge in [0, 0.05) is 24.8 Å². The third-order valence-corrected chi connectivity index (χ3v) is 5.06. The van der Waals surface area contributed by atoms with E-state index in [-0.39, 0.29) is 5.41 Å². The van der Waals surface area contributed by atoms with Gasteiger partial charge >= 0.3 is 0 Å². The Kier molecular flexibility index (Phi) is 3.71. The van der Waals surface area contributed by atoms with Crippen LogP contribution in [0, 0.1) is 16.7 Å². The predicted octanol–water partition coefficient (Wildman–Crippen LogP) is 1.21. The van der Waals surface area contributed by atoms with Gasteiger partial charge in [-0.15, -0.1) is 5.10 Å². The van der Waals surface area contributed by atoms with Crippen molar-refractivity contribution in [1.29, 1.82) is 5.26 Å². The summed E-state index contributed by atoms with van der Waals surface area (Å²) in [5, 5.41) is 25.0. The van der Waals surface area contributed by atoms with Gasteiger partial charge in [0.05, 0.1) is 12.6 Å². The zero-order valence-corrected chi connectivity index (χ0v) is 11.7. The molecule has 0 bridgehead atoms. The third kappa shape index (κ3) is 3.45. The van der Waals surface area contributed by atoms with E-state index < -0.39 is 0 Å². The first-order valence-corrected chi connectivity index (χ1v) is 7.79. The molecule has 0 aromatic carbocycles. The number of tetrazole rings is 1. The Bertz CT molecular complexity index is 471. The molecule has 19 heavy (non-hydrogen) atoms. The van der Waals surface area contributed by atoms with E-state index in [4.69, 9.17) is 5.26 Å². The van der Waals surface area contributed by atoms with Gasteiger partial charge in [-0.3, -0.25) is 0 Å². The van der Waals surface area contributed by atoms with Crippen molar-refractivity contribution >= 4 is 11.8 Å². The van der Waals surface area contributed by atoms with Crippen LogP contribution in [0.5, 0.6) is 0 Å². The van der Waals surface area contributed by atoms with Crippen molar-refractivity contribution in [3.8, 4) is 6.07 Å². The summed E-state index contributed by atoms with van der Waals surface area (Å²) < 4.78 is 1.86. The van der Waals surface area contributed by atoms with Crippen molar-refractivity contribution in [2.75, 3.05) is 12.3 Å². The molecule has 1 aromatic rings. The molecule has 0 saturated heterocycles. The first kappa shape index (κ1) is 12.9. The van der Waals surface area contributed by atoms with Crippen LogP contribution in [0.2, 0.25) is 0 Å². The second-order valence-electron chi connectivity index (χ2n) is 5.54. The van der Waals surface area contributed by atoms with E-state index in [0.29, 0.717) is 6.42 Å². The molecule has 0 radical (unpaired) electrons. The number of nitrogens with one attached hydrogen (secondary N) is 1. The van der Waals surface area contributed by atoms with E-state index in [2.05, 4.69) is 26.9 Å². The highest BCUT2D eigenvalue weighted by Crippen LogP contribution is 2.51. The van der Waals surface area contributed by atoms with Gasteiger partial charge in [0.25, 0.3) is 0 Å². The molecule has 0 aliphatic heterocycles. The lowest BCUT2D eigenvalue weighted by molar-refractivity contribution is 0.508. The van der Waals surface area contributed by atoms with E-state index in [0.717, 1.165) is 30.0 Å². The maximum absolute atomic E-state index is 8.81. The van der Waals surface area contributed by atoms with Crippen LogP contribution in [0.15, 0.2) is 5.16 Å². The first-order valence-electron chi connectivity index (χ1n) is 6.81. The minimum Gasteiger partial charge on any atom is -0.312 e. The van der Waals surface area contributed by atoms with Gasteiger partial charge < -0.3 is 5.32 Å². The highest BCUT2D eigenvalue weighted by atomic mass is 32.2. The number of aromatic nitrogens is 4. The summed E-state index contributed by atoms with van der Waals surface area (Å²) in [7, 11) is 0. The summed E-state index contributed by atoms with van der Waals surface area (Å²) in [6.45, 7) is 1.74. The van der Waals surface area contributed by atoms with Crippen LogP contribution in [0.25, 0.3) is 0 Å². The summed E-state index contributed by atoms with van der Waals surface area (Å²) in [6, 6.07) is 3.01. The molecule has 0 unspecified atom stereocenters. The zero-order chi connectivity index (χ0) is 13.1. The van der Waals surface area contributed by atoms with Crippen molar-refractivity contribution in [3.63, 3.8) is 0 Å². The Labute approximate surface area is 116 Å². The normalized spacial score (nSPS) is 20.2. The van der Waals surface area contributed by atoms with Gasteiger partial charge in [-0.1, -0.05) is 11.8 Å². The van der Waals surface area contributed by atoms with Crippen molar-refractivity contribution in [2.24, 2.45) is 5.41 Å². The lowest BCUT2D eigenvalue weighted by Gasteiger charge is -2.09. The first-order chi connectivity index (χ1) is 9.31. The van der Waals surface area contributed by atoms with Crippen molar-refractivity contribution in [1.82, 2.24) is 25.5 Å². The average molecular weight is 278 g/mol. The van der Waals surface area contributed by atoms with Crippen LogP contribution in [0.4, 0.5) is 0 Å². The van der Waals surface area contributed by atoms with Crippen LogP contribution in [-0.2, 0) is 6.54 Å². The topological polar surface area (TPSA) is 79.4 Å². The Morgan fingerprint density at radius 2 is 2.32 bits per heavy atom. The monoisotopic (exact) mass is 278 g/mol. The summed E-state index contributed by atoms with van der Waals surface area (Å²) in [5.41, 5.74) is 0.239. The van der Waals surface area contributed by atoms with Gasteiger partial charge in [0.15, 0.2) is 0 Å². The maximum Gasteiger partial charge on any atom is 0.209 e. The molecular formula is C12H18N6S. The minimum absolute atomic E-state index is 0.239. The largest absolute Gasteiger partial charge is 0.312 e. The standard InChI is InChI=1S/C12H18N6S/c13-6-5-12(3-4-12)9-19-11-15-16-17-18(11)8-7-14-10-1-2-10/h10,14H,1-5,7-9H2. The van der Waals surface area contributed by atoms with Gasteiger partial charge in [-0.05, 0) is 41.5 Å². The molecule has 2 saturated carbocycles. The molecule has 0 atom stereocenters. The lowest BCUT2D eigenvalue weighted by atomic mass is 10.1. The molecule has 3 rings (SSSR count). The maximum atomic E-state index is 8.81. The van der Waals surface area contributed by atoms with Crippen LogP contribution in [0.1, 0.15) is 32.1 Å². The molecular weight excluding hydrogens is 260 g/mol. The fourth-order valence-electron chi connectivity index (χ4n) is 2.04. The fourth-order valence-corrected chi connectivity index (χ4v) is 3.23. The van der Waals surface area contributed by atoms with Crippen molar-refractivity contribution in [2.45, 2.75) is 49.8 Å². The smallest absolute Gasteiger partial charge is 0.209 e. The Morgan fingerprint density at radius 3 is 3.00 bits per heavy atom. The van der Waals surface area contributed by atoms with E-state index in [1.807, 2.05) is 4.68 Å². The summed E-state index contributed by atoms with van der Waals surface area (Å²) >= 11 is 1.69. The molecule has 2 aliphatic rings. The summed E-state index contributed by atoms with van der Waals surface area (Å²) in [4.78, 5) is 0. The Hall–Kier alpha value is -1.13. The van der Waals surface area contributed by atoms with Crippen LogP contribution in [0.3, 0.4) is 0 Å². The quantitative estimate of drug-likeness (QED) is 0.720. The second kappa shape index (κ2) is 5.47. The number of thioether (sulfide) groups is 1. The van der Waals surface area contributed by atoms with Gasteiger partial charge in [-0.2, -0.15) is 5.26 Å². The number of hydrogen-bond acceptors (Lipinski definition) is 6. The van der Waals surface area contributed by atoms with E-state index in [1.54, 1.807) is 11.8 Å². The van der Waals surface area contributed by atoms with Gasteiger partial charge in [-0.25, -0.2) is 4.68 Å². The molecule has 0 spiro atoms. The van der Waals surface area contributed by atoms with Gasteiger partial charge in [0.2, 0.25) is 5.16 Å². The SMILES string of the molecule is N#CCC1(CSc2nnnn2CCNC2CC2)CC1. The van der Waals surface area contributed by atoms with Crippen molar-refractivity contribution < 1.29 is 0 Å². The molecule has 2 fully saturated rings. The molecule has 102 valence electrons. The molecule has 7 heteroatoms. The average Bonchev–Trinajstić information content (AvgIpc) is 3.31. The predicted molar refractivity (Wildman–Crippen MR) is 71.5 cm³/mol. The molecule has 2 aliphatic carbocycles. The van der Waals surface area contributed by atoms with Crippen LogP contribution < -0.4 is 5.32 Å². The minimum atomic E-state index is 0.239. The fraction of sp³-hybridized carbons (Fsp3) is 0.833. The number of nitrogens with zero attached hydrogens (tertiary/aromatic N) is 5. The number of nitriles is 1.